The number of thiophene rings is 1. The van der Waals surface area contributed by atoms with Crippen LogP contribution in [0.25, 0.3) is 0 Å². The molecular weight excluding hydrogens is 322 g/mol. The van der Waals surface area contributed by atoms with E-state index in [1.807, 2.05) is 0 Å². The number of nitrogens with zero attached hydrogens (tertiary/aromatic N) is 1. The molecule has 3 aliphatic heterocycles. The molecule has 6 heteroatoms. The highest BCUT2D eigenvalue weighted by Crippen LogP contribution is 2.43. The van der Waals surface area contributed by atoms with Crippen molar-refractivity contribution < 1.29 is 9.53 Å². The molecule has 2 fully saturated rings. The van der Waals surface area contributed by atoms with Crippen molar-refractivity contribution in [1.29, 1.82) is 0 Å². The number of rotatable bonds is 4. The SMILES string of the molecule is O=C(NCCN1CCCC1)c1cc2c(s1)CCOC21CCNCC1. The number of likely N-dealkylation sites (tertiary alicyclic amines) is 1. The van der Waals surface area contributed by atoms with Crippen LogP contribution in [0.2, 0.25) is 0 Å². The van der Waals surface area contributed by atoms with Crippen LogP contribution in [0.4, 0.5) is 0 Å². The monoisotopic (exact) mass is 349 g/mol. The zero-order chi connectivity index (χ0) is 16.4. The number of carbonyl (C=O) groups is 1. The zero-order valence-corrected chi connectivity index (χ0v) is 15.1. The summed E-state index contributed by atoms with van der Waals surface area (Å²) in [6, 6.07) is 2.11. The van der Waals surface area contributed by atoms with Crippen molar-refractivity contribution in [2.75, 3.05) is 45.9 Å². The average molecular weight is 350 g/mol. The molecule has 0 atom stereocenters. The van der Waals surface area contributed by atoms with Gasteiger partial charge in [-0.3, -0.25) is 4.79 Å². The Bertz CT molecular complexity index is 589. The first-order chi connectivity index (χ1) is 11.8. The summed E-state index contributed by atoms with van der Waals surface area (Å²) in [5.41, 5.74) is 1.13. The van der Waals surface area contributed by atoms with Crippen LogP contribution in [0.5, 0.6) is 0 Å². The van der Waals surface area contributed by atoms with Crippen LogP contribution in [-0.4, -0.2) is 56.7 Å². The van der Waals surface area contributed by atoms with E-state index in [1.54, 1.807) is 11.3 Å². The van der Waals surface area contributed by atoms with Crippen molar-refractivity contribution in [3.8, 4) is 0 Å². The largest absolute Gasteiger partial charge is 0.370 e. The Kier molecular flexibility index (Phi) is 4.90. The van der Waals surface area contributed by atoms with E-state index in [1.165, 1.54) is 36.4 Å². The predicted molar refractivity (Wildman–Crippen MR) is 95.8 cm³/mol. The number of hydrogen-bond donors (Lipinski definition) is 2. The van der Waals surface area contributed by atoms with Gasteiger partial charge in [-0.25, -0.2) is 0 Å². The molecular formula is C18H27N3O2S. The molecule has 3 aliphatic rings. The number of ether oxygens (including phenoxy) is 1. The molecule has 0 bridgehead atoms. The van der Waals surface area contributed by atoms with E-state index in [0.717, 1.165) is 56.9 Å². The van der Waals surface area contributed by atoms with Crippen LogP contribution in [-0.2, 0) is 16.8 Å². The van der Waals surface area contributed by atoms with Gasteiger partial charge in [-0.1, -0.05) is 0 Å². The Morgan fingerprint density at radius 2 is 2.12 bits per heavy atom. The van der Waals surface area contributed by atoms with Gasteiger partial charge in [0.1, 0.15) is 0 Å². The molecule has 0 unspecified atom stereocenters. The minimum atomic E-state index is -0.149. The molecule has 1 aromatic rings. The van der Waals surface area contributed by atoms with Gasteiger partial charge in [-0.2, -0.15) is 0 Å². The van der Waals surface area contributed by atoms with Crippen molar-refractivity contribution >= 4 is 17.2 Å². The van der Waals surface area contributed by atoms with E-state index in [0.29, 0.717) is 0 Å². The molecule has 0 aromatic carbocycles. The van der Waals surface area contributed by atoms with Gasteiger partial charge in [0.2, 0.25) is 0 Å². The fourth-order valence-electron chi connectivity index (χ4n) is 4.19. The zero-order valence-electron chi connectivity index (χ0n) is 14.2. The van der Waals surface area contributed by atoms with Gasteiger partial charge >= 0.3 is 0 Å². The second-order valence-corrected chi connectivity index (χ2v) is 8.23. The number of hydrogen-bond acceptors (Lipinski definition) is 5. The summed E-state index contributed by atoms with van der Waals surface area (Å²) < 4.78 is 6.20. The molecule has 24 heavy (non-hydrogen) atoms. The first-order valence-corrected chi connectivity index (χ1v) is 10.1. The number of amides is 1. The van der Waals surface area contributed by atoms with Gasteiger partial charge in [-0.15, -0.1) is 11.3 Å². The molecule has 2 saturated heterocycles. The van der Waals surface area contributed by atoms with Crippen LogP contribution in [0, 0.1) is 0 Å². The third-order valence-electron chi connectivity index (χ3n) is 5.55. The van der Waals surface area contributed by atoms with Crippen LogP contribution in [0.1, 0.15) is 45.8 Å². The maximum atomic E-state index is 12.5. The summed E-state index contributed by atoms with van der Waals surface area (Å²) >= 11 is 1.67. The van der Waals surface area contributed by atoms with E-state index in [9.17, 15) is 4.79 Å². The highest BCUT2D eigenvalue weighted by Gasteiger charge is 2.40. The van der Waals surface area contributed by atoms with Crippen molar-refractivity contribution in [3.63, 3.8) is 0 Å². The quantitative estimate of drug-likeness (QED) is 0.869. The number of piperidine rings is 1. The minimum Gasteiger partial charge on any atom is -0.370 e. The lowest BCUT2D eigenvalue weighted by molar-refractivity contribution is -0.0792. The Morgan fingerprint density at radius 1 is 1.33 bits per heavy atom. The predicted octanol–water partition coefficient (Wildman–Crippen LogP) is 1.73. The third kappa shape index (κ3) is 3.25. The fraction of sp³-hybridized carbons (Fsp3) is 0.722. The Balaban J connectivity index is 1.42. The van der Waals surface area contributed by atoms with Crippen LogP contribution in [0.15, 0.2) is 6.07 Å². The molecule has 1 aromatic heterocycles. The maximum absolute atomic E-state index is 12.5. The van der Waals surface area contributed by atoms with Gasteiger partial charge < -0.3 is 20.3 Å². The topological polar surface area (TPSA) is 53.6 Å². The van der Waals surface area contributed by atoms with Crippen LogP contribution >= 0.6 is 11.3 Å². The second kappa shape index (κ2) is 7.12. The van der Waals surface area contributed by atoms with Crippen molar-refractivity contribution in [3.05, 3.63) is 21.4 Å². The van der Waals surface area contributed by atoms with Crippen molar-refractivity contribution in [1.82, 2.24) is 15.5 Å². The summed E-state index contributed by atoms with van der Waals surface area (Å²) in [7, 11) is 0. The highest BCUT2D eigenvalue weighted by molar-refractivity contribution is 7.14. The molecule has 5 nitrogen and oxygen atoms in total. The Hall–Kier alpha value is -0.950. The normalized spacial score (nSPS) is 23.3. The lowest BCUT2D eigenvalue weighted by Crippen LogP contribution is -2.44. The molecule has 2 N–H and O–H groups in total. The molecule has 0 radical (unpaired) electrons. The first kappa shape index (κ1) is 16.5. The Morgan fingerprint density at radius 3 is 2.92 bits per heavy atom. The molecule has 0 saturated carbocycles. The van der Waals surface area contributed by atoms with Gasteiger partial charge in [-0.05, 0) is 63.5 Å². The maximum Gasteiger partial charge on any atom is 0.261 e. The summed E-state index contributed by atoms with van der Waals surface area (Å²) in [6.07, 6.45) is 5.54. The third-order valence-corrected chi connectivity index (χ3v) is 6.75. The summed E-state index contributed by atoms with van der Waals surface area (Å²) in [6.45, 7) is 6.83. The van der Waals surface area contributed by atoms with Gasteiger partial charge in [0, 0.05) is 24.4 Å². The van der Waals surface area contributed by atoms with E-state index < -0.39 is 0 Å². The van der Waals surface area contributed by atoms with E-state index in [4.69, 9.17) is 4.74 Å². The summed E-state index contributed by atoms with van der Waals surface area (Å²) in [5.74, 6) is 0.0812. The molecule has 132 valence electrons. The summed E-state index contributed by atoms with van der Waals surface area (Å²) in [5, 5.41) is 6.51. The first-order valence-electron chi connectivity index (χ1n) is 9.25. The van der Waals surface area contributed by atoms with Gasteiger partial charge in [0.25, 0.3) is 5.91 Å². The standard InChI is InChI=1S/C18H27N3O2S/c22-17(20-8-11-21-9-1-2-10-21)16-13-14-15(24-16)3-12-23-18(14)4-6-19-7-5-18/h13,19H,1-12H2,(H,20,22). The minimum absolute atomic E-state index is 0.0812. The van der Waals surface area contributed by atoms with Gasteiger partial charge in [0.05, 0.1) is 17.1 Å². The van der Waals surface area contributed by atoms with Crippen LogP contribution in [0.3, 0.4) is 0 Å². The molecule has 4 heterocycles. The molecule has 1 spiro atoms. The highest BCUT2D eigenvalue weighted by atomic mass is 32.1. The molecule has 4 rings (SSSR count). The van der Waals surface area contributed by atoms with E-state index in [-0.39, 0.29) is 11.5 Å². The second-order valence-electron chi connectivity index (χ2n) is 7.09. The Labute approximate surface area is 147 Å². The number of fused-ring (bicyclic) bond motifs is 2. The smallest absolute Gasteiger partial charge is 0.261 e. The number of nitrogens with one attached hydrogen (secondary N) is 2. The molecule has 0 aliphatic carbocycles. The van der Waals surface area contributed by atoms with Crippen molar-refractivity contribution in [2.45, 2.75) is 37.7 Å². The van der Waals surface area contributed by atoms with E-state index in [2.05, 4.69) is 21.6 Å². The fourth-order valence-corrected chi connectivity index (χ4v) is 5.34. The van der Waals surface area contributed by atoms with Crippen LogP contribution < -0.4 is 10.6 Å². The summed E-state index contributed by atoms with van der Waals surface area (Å²) in [4.78, 5) is 17.2. The van der Waals surface area contributed by atoms with Gasteiger partial charge in [0.15, 0.2) is 0 Å². The van der Waals surface area contributed by atoms with Crippen molar-refractivity contribution in [2.24, 2.45) is 0 Å². The van der Waals surface area contributed by atoms with E-state index >= 15 is 0 Å². The molecule has 1 amide bonds. The lowest BCUT2D eigenvalue weighted by Gasteiger charge is -2.40. The average Bonchev–Trinajstić information content (AvgIpc) is 3.26. The number of carbonyl (C=O) groups excluding carboxylic acids is 1. The lowest BCUT2D eigenvalue weighted by atomic mass is 9.83.